The average Bonchev–Trinajstić information content (AvgIpc) is 2.70. The van der Waals surface area contributed by atoms with Crippen LogP contribution in [0.1, 0.15) is 24.9 Å². The summed E-state index contributed by atoms with van der Waals surface area (Å²) in [5, 5.41) is 2.53. The van der Waals surface area contributed by atoms with Gasteiger partial charge in [-0.15, -0.1) is 0 Å². The molecule has 1 aliphatic rings. The van der Waals surface area contributed by atoms with E-state index in [1.807, 2.05) is 0 Å². The molecule has 3 heteroatoms. The smallest absolute Gasteiger partial charge is 0.0673 e. The van der Waals surface area contributed by atoms with Crippen LogP contribution in [0, 0.1) is 0 Å². The predicted molar refractivity (Wildman–Crippen MR) is 87.3 cm³/mol. The van der Waals surface area contributed by atoms with Crippen LogP contribution < -0.4 is 5.73 Å². The fourth-order valence-corrected chi connectivity index (χ4v) is 3.07. The van der Waals surface area contributed by atoms with Crippen LogP contribution in [0.4, 0.5) is 0 Å². The molecule has 0 spiro atoms. The van der Waals surface area contributed by atoms with Gasteiger partial charge < -0.3 is 10.5 Å². The van der Waals surface area contributed by atoms with Gasteiger partial charge in [-0.05, 0) is 35.7 Å². The topological polar surface area (TPSA) is 38.5 Å². The molecule has 2 aromatic carbocycles. The fourth-order valence-electron chi connectivity index (χ4n) is 3.07. The maximum atomic E-state index is 6.43. The van der Waals surface area contributed by atoms with Gasteiger partial charge >= 0.3 is 0 Å². The van der Waals surface area contributed by atoms with Crippen LogP contribution in [0.5, 0.6) is 0 Å². The van der Waals surface area contributed by atoms with Crippen molar-refractivity contribution in [3.05, 3.63) is 48.0 Å². The molecule has 112 valence electrons. The molecule has 21 heavy (non-hydrogen) atoms. The summed E-state index contributed by atoms with van der Waals surface area (Å²) >= 11 is 0. The van der Waals surface area contributed by atoms with Crippen LogP contribution in [0.25, 0.3) is 10.8 Å². The van der Waals surface area contributed by atoms with Gasteiger partial charge in [0.15, 0.2) is 0 Å². The van der Waals surface area contributed by atoms with Crippen molar-refractivity contribution in [1.29, 1.82) is 0 Å². The molecule has 3 rings (SSSR count). The predicted octanol–water partition coefficient (Wildman–Crippen LogP) is 2.95. The van der Waals surface area contributed by atoms with Crippen LogP contribution in [0.3, 0.4) is 0 Å². The molecule has 0 saturated carbocycles. The first-order valence-corrected chi connectivity index (χ1v) is 7.80. The lowest BCUT2D eigenvalue weighted by atomic mass is 10.0. The normalized spacial score (nSPS) is 22.1. The molecule has 0 bridgehead atoms. The molecule has 2 N–H and O–H groups in total. The average molecular weight is 284 g/mol. The minimum atomic E-state index is 0.0555. The molecule has 2 unspecified atom stereocenters. The van der Waals surface area contributed by atoms with E-state index in [0.717, 1.165) is 32.7 Å². The second kappa shape index (κ2) is 6.56. The van der Waals surface area contributed by atoms with Crippen molar-refractivity contribution < 1.29 is 4.74 Å². The van der Waals surface area contributed by atoms with Gasteiger partial charge in [0.05, 0.1) is 6.10 Å². The molecule has 1 aliphatic heterocycles. The van der Waals surface area contributed by atoms with Crippen LogP contribution in [0.15, 0.2) is 42.5 Å². The zero-order chi connectivity index (χ0) is 14.7. The molecule has 2 atom stereocenters. The number of nitrogens with two attached hydrogens (primary N) is 1. The SMILES string of the molecule is CC1CN(CC(N)c2ccc3ccccc3c2)CCCO1. The van der Waals surface area contributed by atoms with E-state index in [4.69, 9.17) is 10.5 Å². The zero-order valence-corrected chi connectivity index (χ0v) is 12.7. The van der Waals surface area contributed by atoms with E-state index in [-0.39, 0.29) is 6.04 Å². The summed E-state index contributed by atoms with van der Waals surface area (Å²) in [4.78, 5) is 2.43. The number of fused-ring (bicyclic) bond motifs is 1. The Morgan fingerprint density at radius 1 is 1.24 bits per heavy atom. The van der Waals surface area contributed by atoms with Gasteiger partial charge in [-0.1, -0.05) is 36.4 Å². The van der Waals surface area contributed by atoms with Crippen LogP contribution in [0.2, 0.25) is 0 Å². The highest BCUT2D eigenvalue weighted by Crippen LogP contribution is 2.20. The van der Waals surface area contributed by atoms with Crippen molar-refractivity contribution in [1.82, 2.24) is 4.90 Å². The first kappa shape index (κ1) is 14.5. The third-order valence-electron chi connectivity index (χ3n) is 4.19. The Morgan fingerprint density at radius 3 is 2.90 bits per heavy atom. The number of hydrogen-bond acceptors (Lipinski definition) is 3. The highest BCUT2D eigenvalue weighted by atomic mass is 16.5. The molecule has 3 nitrogen and oxygen atoms in total. The Morgan fingerprint density at radius 2 is 2.05 bits per heavy atom. The molecule has 1 fully saturated rings. The van der Waals surface area contributed by atoms with E-state index in [2.05, 4.69) is 54.3 Å². The Labute approximate surface area is 126 Å². The summed E-state index contributed by atoms with van der Waals surface area (Å²) in [6.45, 7) is 5.95. The maximum absolute atomic E-state index is 6.43. The minimum absolute atomic E-state index is 0.0555. The third-order valence-corrected chi connectivity index (χ3v) is 4.19. The standard InChI is InChI=1S/C18H24N2O/c1-14-12-20(9-4-10-21-14)13-18(19)17-8-7-15-5-2-3-6-16(15)11-17/h2-3,5-8,11,14,18H,4,9-10,12-13,19H2,1H3. The largest absolute Gasteiger partial charge is 0.377 e. The Balaban J connectivity index is 1.72. The monoisotopic (exact) mass is 284 g/mol. The van der Waals surface area contributed by atoms with E-state index in [1.54, 1.807) is 0 Å². The highest BCUT2D eigenvalue weighted by molar-refractivity contribution is 5.83. The van der Waals surface area contributed by atoms with Crippen molar-refractivity contribution >= 4 is 10.8 Å². The van der Waals surface area contributed by atoms with Crippen LogP contribution in [-0.2, 0) is 4.74 Å². The second-order valence-corrected chi connectivity index (χ2v) is 6.01. The van der Waals surface area contributed by atoms with Gasteiger partial charge in [-0.25, -0.2) is 0 Å². The Bertz CT molecular complexity index is 599. The molecule has 2 aromatic rings. The quantitative estimate of drug-likeness (QED) is 0.942. The molecular weight excluding hydrogens is 260 g/mol. The molecule has 1 saturated heterocycles. The number of rotatable bonds is 3. The van der Waals surface area contributed by atoms with Crippen molar-refractivity contribution in [3.63, 3.8) is 0 Å². The summed E-state index contributed by atoms with van der Waals surface area (Å²) in [6.07, 6.45) is 1.39. The summed E-state index contributed by atoms with van der Waals surface area (Å²) in [5.74, 6) is 0. The Kier molecular flexibility index (Phi) is 4.54. The number of nitrogens with zero attached hydrogens (tertiary/aromatic N) is 1. The van der Waals surface area contributed by atoms with Crippen molar-refractivity contribution in [2.45, 2.75) is 25.5 Å². The first-order chi connectivity index (χ1) is 10.2. The van der Waals surface area contributed by atoms with E-state index in [9.17, 15) is 0 Å². The molecule has 1 heterocycles. The molecule has 0 radical (unpaired) electrons. The summed E-state index contributed by atoms with van der Waals surface area (Å²) in [7, 11) is 0. The lowest BCUT2D eigenvalue weighted by Gasteiger charge is -2.25. The first-order valence-electron chi connectivity index (χ1n) is 7.80. The molecular formula is C18H24N2O. The van der Waals surface area contributed by atoms with Crippen LogP contribution in [-0.4, -0.2) is 37.2 Å². The van der Waals surface area contributed by atoms with E-state index in [0.29, 0.717) is 6.10 Å². The molecule has 0 aliphatic carbocycles. The number of hydrogen-bond donors (Lipinski definition) is 1. The van der Waals surface area contributed by atoms with Gasteiger partial charge in [0, 0.05) is 32.3 Å². The van der Waals surface area contributed by atoms with Gasteiger partial charge in [-0.3, -0.25) is 4.90 Å². The summed E-state index contributed by atoms with van der Waals surface area (Å²) in [5.41, 5.74) is 7.65. The maximum Gasteiger partial charge on any atom is 0.0673 e. The number of ether oxygens (including phenoxy) is 1. The summed E-state index contributed by atoms with van der Waals surface area (Å²) < 4.78 is 5.70. The van der Waals surface area contributed by atoms with Gasteiger partial charge in [0.1, 0.15) is 0 Å². The van der Waals surface area contributed by atoms with Crippen LogP contribution >= 0.6 is 0 Å². The summed E-state index contributed by atoms with van der Waals surface area (Å²) in [6, 6.07) is 15.0. The third kappa shape index (κ3) is 3.62. The van der Waals surface area contributed by atoms with E-state index < -0.39 is 0 Å². The fraction of sp³-hybridized carbons (Fsp3) is 0.444. The van der Waals surface area contributed by atoms with Crippen molar-refractivity contribution in [2.75, 3.05) is 26.2 Å². The number of benzene rings is 2. The zero-order valence-electron chi connectivity index (χ0n) is 12.7. The van der Waals surface area contributed by atoms with Gasteiger partial charge in [0.2, 0.25) is 0 Å². The van der Waals surface area contributed by atoms with Gasteiger partial charge in [0.25, 0.3) is 0 Å². The van der Waals surface area contributed by atoms with Crippen molar-refractivity contribution in [2.24, 2.45) is 5.73 Å². The molecule has 0 aromatic heterocycles. The minimum Gasteiger partial charge on any atom is -0.377 e. The van der Waals surface area contributed by atoms with E-state index in [1.165, 1.54) is 16.3 Å². The van der Waals surface area contributed by atoms with Gasteiger partial charge in [-0.2, -0.15) is 0 Å². The van der Waals surface area contributed by atoms with E-state index >= 15 is 0 Å². The van der Waals surface area contributed by atoms with Crippen molar-refractivity contribution in [3.8, 4) is 0 Å². The second-order valence-electron chi connectivity index (χ2n) is 6.01. The highest BCUT2D eigenvalue weighted by Gasteiger charge is 2.18. The molecule has 0 amide bonds. The lowest BCUT2D eigenvalue weighted by molar-refractivity contribution is 0.0670. The lowest BCUT2D eigenvalue weighted by Crippen LogP contribution is -2.36. The Hall–Kier alpha value is -1.42.